The van der Waals surface area contributed by atoms with E-state index in [1.165, 1.54) is 6.26 Å². The van der Waals surface area contributed by atoms with Crippen LogP contribution in [0, 0.1) is 0 Å². The molecule has 3 rings (SSSR count). The highest BCUT2D eigenvalue weighted by atomic mass is 32.2. The zero-order chi connectivity index (χ0) is 15.0. The Hall–Kier alpha value is -1.60. The van der Waals surface area contributed by atoms with Crippen molar-refractivity contribution >= 4 is 15.9 Å². The minimum atomic E-state index is -3.14. The number of fused-ring (bicyclic) bond motifs is 1. The maximum atomic E-state index is 11.5. The van der Waals surface area contributed by atoms with Crippen LogP contribution in [0.2, 0.25) is 0 Å². The lowest BCUT2D eigenvalue weighted by Crippen LogP contribution is -2.51. The van der Waals surface area contributed by atoms with Gasteiger partial charge in [0.1, 0.15) is 0 Å². The molecule has 2 aliphatic heterocycles. The summed E-state index contributed by atoms with van der Waals surface area (Å²) in [5.41, 5.74) is 1.09. The highest BCUT2D eigenvalue weighted by molar-refractivity contribution is 7.90. The van der Waals surface area contributed by atoms with Gasteiger partial charge in [-0.3, -0.25) is 4.90 Å². The number of hydrogen-bond acceptors (Lipinski definition) is 4. The van der Waals surface area contributed by atoms with Gasteiger partial charge >= 0.3 is 6.03 Å². The van der Waals surface area contributed by atoms with E-state index >= 15 is 0 Å². The van der Waals surface area contributed by atoms with Crippen LogP contribution < -0.4 is 5.32 Å². The van der Waals surface area contributed by atoms with Gasteiger partial charge in [-0.05, 0) is 17.7 Å². The molecule has 1 N–H and O–H groups in total. The van der Waals surface area contributed by atoms with Gasteiger partial charge in [0.2, 0.25) is 0 Å². The summed E-state index contributed by atoms with van der Waals surface area (Å²) >= 11 is 0. The maximum Gasteiger partial charge on any atom is 0.317 e. The SMILES string of the molecule is CS(=O)(=O)c1ccc(CN2CCN3C(=O)NC[C@H]3C2)cc1. The van der Waals surface area contributed by atoms with Crippen molar-refractivity contribution in [2.24, 2.45) is 0 Å². The molecule has 0 aliphatic carbocycles. The van der Waals surface area contributed by atoms with Crippen LogP contribution in [0.25, 0.3) is 0 Å². The fourth-order valence-electron chi connectivity index (χ4n) is 2.91. The molecule has 0 radical (unpaired) electrons. The molecule has 0 aromatic heterocycles. The topological polar surface area (TPSA) is 69.7 Å². The lowest BCUT2D eigenvalue weighted by Gasteiger charge is -2.36. The van der Waals surface area contributed by atoms with E-state index in [0.717, 1.165) is 31.7 Å². The van der Waals surface area contributed by atoms with Gasteiger partial charge in [-0.15, -0.1) is 0 Å². The number of hydrogen-bond donors (Lipinski definition) is 1. The molecule has 2 fully saturated rings. The summed E-state index contributed by atoms with van der Waals surface area (Å²) in [7, 11) is -3.14. The summed E-state index contributed by atoms with van der Waals surface area (Å²) in [5, 5.41) is 2.86. The third kappa shape index (κ3) is 3.03. The van der Waals surface area contributed by atoms with Gasteiger partial charge in [0.25, 0.3) is 0 Å². The van der Waals surface area contributed by atoms with Crippen LogP contribution in [-0.2, 0) is 16.4 Å². The van der Waals surface area contributed by atoms with E-state index in [0.29, 0.717) is 11.4 Å². The average molecular weight is 309 g/mol. The predicted octanol–water partition coefficient (Wildman–Crippen LogP) is 0.300. The van der Waals surface area contributed by atoms with E-state index < -0.39 is 9.84 Å². The monoisotopic (exact) mass is 309 g/mol. The van der Waals surface area contributed by atoms with Gasteiger partial charge in [-0.25, -0.2) is 13.2 Å². The molecule has 1 atom stereocenters. The molecule has 1 aromatic carbocycles. The highest BCUT2D eigenvalue weighted by Gasteiger charge is 2.35. The van der Waals surface area contributed by atoms with Crippen LogP contribution >= 0.6 is 0 Å². The molecule has 21 heavy (non-hydrogen) atoms. The Bertz CT molecular complexity index is 642. The van der Waals surface area contributed by atoms with E-state index in [1.54, 1.807) is 12.1 Å². The normalized spacial score (nSPS) is 23.0. The van der Waals surface area contributed by atoms with Gasteiger partial charge in [0.05, 0.1) is 10.9 Å². The van der Waals surface area contributed by atoms with Crippen LogP contribution in [0.3, 0.4) is 0 Å². The molecule has 7 heteroatoms. The van der Waals surface area contributed by atoms with Crippen molar-refractivity contribution in [3.63, 3.8) is 0 Å². The van der Waals surface area contributed by atoms with Crippen LogP contribution in [0.5, 0.6) is 0 Å². The van der Waals surface area contributed by atoms with Crippen LogP contribution in [-0.4, -0.2) is 62.7 Å². The van der Waals surface area contributed by atoms with Crippen LogP contribution in [0.1, 0.15) is 5.56 Å². The average Bonchev–Trinajstić information content (AvgIpc) is 2.80. The van der Waals surface area contributed by atoms with Crippen molar-refractivity contribution < 1.29 is 13.2 Å². The number of nitrogens with zero attached hydrogens (tertiary/aromatic N) is 2. The van der Waals surface area contributed by atoms with Crippen molar-refractivity contribution in [1.82, 2.24) is 15.1 Å². The van der Waals surface area contributed by atoms with E-state index in [9.17, 15) is 13.2 Å². The van der Waals surface area contributed by atoms with E-state index in [1.807, 2.05) is 17.0 Å². The van der Waals surface area contributed by atoms with E-state index in [-0.39, 0.29) is 12.1 Å². The number of rotatable bonds is 3. The number of carbonyl (C=O) groups excluding carboxylic acids is 1. The Morgan fingerprint density at radius 3 is 2.62 bits per heavy atom. The first-order chi connectivity index (χ1) is 9.93. The lowest BCUT2D eigenvalue weighted by molar-refractivity contribution is 0.116. The maximum absolute atomic E-state index is 11.5. The number of sulfone groups is 1. The standard InChI is InChI=1S/C14H19N3O3S/c1-21(19,20)13-4-2-11(3-5-13)9-16-6-7-17-12(10-16)8-15-14(17)18/h2-5,12H,6-10H2,1H3,(H,15,18)/t12-/m0/s1. The van der Waals surface area contributed by atoms with Gasteiger partial charge in [-0.2, -0.15) is 0 Å². The third-order valence-electron chi connectivity index (χ3n) is 4.07. The number of carbonyl (C=O) groups is 1. The highest BCUT2D eigenvalue weighted by Crippen LogP contribution is 2.17. The smallest absolute Gasteiger partial charge is 0.317 e. The molecule has 2 aliphatic rings. The number of amides is 2. The number of nitrogens with one attached hydrogen (secondary N) is 1. The summed E-state index contributed by atoms with van der Waals surface area (Å²) in [6.07, 6.45) is 1.21. The Morgan fingerprint density at radius 1 is 1.24 bits per heavy atom. The Balaban J connectivity index is 1.64. The zero-order valence-corrected chi connectivity index (χ0v) is 12.8. The molecule has 2 saturated heterocycles. The van der Waals surface area contributed by atoms with E-state index in [2.05, 4.69) is 10.2 Å². The molecule has 0 unspecified atom stereocenters. The van der Waals surface area contributed by atoms with Crippen LogP contribution in [0.4, 0.5) is 4.79 Å². The molecule has 6 nitrogen and oxygen atoms in total. The zero-order valence-electron chi connectivity index (χ0n) is 11.9. The summed E-state index contributed by atoms with van der Waals surface area (Å²) in [5.74, 6) is 0. The van der Waals surface area contributed by atoms with Gasteiger partial charge in [-0.1, -0.05) is 12.1 Å². The molecule has 114 valence electrons. The lowest BCUT2D eigenvalue weighted by atomic mass is 10.1. The third-order valence-corrected chi connectivity index (χ3v) is 5.20. The van der Waals surface area contributed by atoms with E-state index in [4.69, 9.17) is 0 Å². The largest absolute Gasteiger partial charge is 0.336 e. The van der Waals surface area contributed by atoms with Crippen molar-refractivity contribution in [3.05, 3.63) is 29.8 Å². The summed E-state index contributed by atoms with van der Waals surface area (Å²) < 4.78 is 22.9. The Kier molecular flexibility index (Phi) is 3.62. The second-order valence-corrected chi connectivity index (χ2v) is 7.70. The first-order valence-corrected chi connectivity index (χ1v) is 8.88. The number of benzene rings is 1. The Labute approximate surface area is 124 Å². The van der Waals surface area contributed by atoms with Gasteiger partial charge in [0, 0.05) is 39.0 Å². The first kappa shape index (κ1) is 14.3. The molecule has 1 aromatic rings. The van der Waals surface area contributed by atoms with Gasteiger partial charge < -0.3 is 10.2 Å². The quantitative estimate of drug-likeness (QED) is 0.872. The Morgan fingerprint density at radius 2 is 1.95 bits per heavy atom. The van der Waals surface area contributed by atoms with Crippen molar-refractivity contribution in [1.29, 1.82) is 0 Å². The minimum Gasteiger partial charge on any atom is -0.336 e. The second-order valence-electron chi connectivity index (χ2n) is 5.68. The summed E-state index contributed by atoms with van der Waals surface area (Å²) in [6, 6.07) is 7.32. The molecular weight excluding hydrogens is 290 g/mol. The molecular formula is C14H19N3O3S. The second kappa shape index (κ2) is 5.31. The van der Waals surface area contributed by atoms with Gasteiger partial charge in [0.15, 0.2) is 9.84 Å². The summed E-state index contributed by atoms with van der Waals surface area (Å²) in [6.45, 7) is 3.94. The predicted molar refractivity (Wildman–Crippen MR) is 78.7 cm³/mol. The van der Waals surface area contributed by atoms with Crippen molar-refractivity contribution in [2.75, 3.05) is 32.4 Å². The molecule has 2 amide bonds. The summed E-state index contributed by atoms with van der Waals surface area (Å²) in [4.78, 5) is 16.1. The minimum absolute atomic E-state index is 0.0390. The van der Waals surface area contributed by atoms with Crippen molar-refractivity contribution in [2.45, 2.75) is 17.5 Å². The fraction of sp³-hybridized carbons (Fsp3) is 0.500. The molecule has 0 bridgehead atoms. The number of piperazine rings is 1. The van der Waals surface area contributed by atoms with Crippen molar-refractivity contribution in [3.8, 4) is 0 Å². The molecule has 0 spiro atoms. The first-order valence-electron chi connectivity index (χ1n) is 6.99. The molecule has 0 saturated carbocycles. The number of urea groups is 1. The van der Waals surface area contributed by atoms with Crippen LogP contribution in [0.15, 0.2) is 29.2 Å². The molecule has 2 heterocycles. The fourth-order valence-corrected chi connectivity index (χ4v) is 3.54.